The number of thiol groups is 1. The van der Waals surface area contributed by atoms with E-state index < -0.39 is 11.8 Å². The molecule has 0 aliphatic carbocycles. The third-order valence-corrected chi connectivity index (χ3v) is 7.00. The molecule has 0 amide bonds. The van der Waals surface area contributed by atoms with Gasteiger partial charge in [0, 0.05) is 12.0 Å². The minimum absolute atomic E-state index is 0.0419. The van der Waals surface area contributed by atoms with Crippen LogP contribution in [-0.4, -0.2) is 17.4 Å². The van der Waals surface area contributed by atoms with Crippen LogP contribution < -0.4 is 4.72 Å². The summed E-state index contributed by atoms with van der Waals surface area (Å²) in [6, 6.07) is 11.4. The standard InChI is InChI=1S/C30H34FNO3S/c1-6-22-23(8-7-9-27(34)35)28(20-12-10-18(4)11-13-20)19(5)29(30(22)32-36)25-15-26(31)21(16-33)14-24(25)17(2)3/h10-17,32,36H,6-9H2,1-5H3,(H,34,35). The molecule has 36 heavy (non-hydrogen) atoms. The van der Waals surface area contributed by atoms with E-state index in [9.17, 15) is 19.1 Å². The van der Waals surface area contributed by atoms with E-state index in [2.05, 4.69) is 48.7 Å². The third kappa shape index (κ3) is 5.49. The molecule has 3 rings (SSSR count). The molecular weight excluding hydrogens is 473 g/mol. The first-order chi connectivity index (χ1) is 17.1. The number of carbonyl (C=O) groups excluding carboxylic acids is 1. The molecule has 0 aromatic heterocycles. The van der Waals surface area contributed by atoms with Crippen molar-refractivity contribution in [3.8, 4) is 22.3 Å². The number of aryl methyl sites for hydroxylation is 1. The molecule has 0 aliphatic heterocycles. The predicted octanol–water partition coefficient (Wildman–Crippen LogP) is 7.94. The number of hydrogen-bond donors (Lipinski definition) is 3. The van der Waals surface area contributed by atoms with Gasteiger partial charge in [-0.05, 0) is 90.1 Å². The number of aldehydes is 1. The summed E-state index contributed by atoms with van der Waals surface area (Å²) in [5.74, 6) is -1.33. The Balaban J connectivity index is 2.46. The summed E-state index contributed by atoms with van der Waals surface area (Å²) in [5.41, 5.74) is 9.55. The number of carboxylic acids is 1. The van der Waals surface area contributed by atoms with Crippen LogP contribution in [0.15, 0.2) is 36.4 Å². The first-order valence-corrected chi connectivity index (χ1v) is 12.7. The van der Waals surface area contributed by atoms with Gasteiger partial charge in [-0.25, -0.2) is 4.39 Å². The zero-order chi connectivity index (χ0) is 26.6. The lowest BCUT2D eigenvalue weighted by Gasteiger charge is -2.27. The van der Waals surface area contributed by atoms with E-state index >= 15 is 0 Å². The Morgan fingerprint density at radius 3 is 2.31 bits per heavy atom. The summed E-state index contributed by atoms with van der Waals surface area (Å²) < 4.78 is 18.1. The van der Waals surface area contributed by atoms with Gasteiger partial charge in [-0.1, -0.05) is 63.4 Å². The maximum Gasteiger partial charge on any atom is 0.303 e. The lowest BCUT2D eigenvalue weighted by Crippen LogP contribution is -2.09. The Hall–Kier alpha value is -3.12. The lowest BCUT2D eigenvalue weighted by atomic mass is 9.79. The summed E-state index contributed by atoms with van der Waals surface area (Å²) in [6.07, 6.45) is 2.42. The van der Waals surface area contributed by atoms with E-state index in [0.29, 0.717) is 25.5 Å². The second-order valence-electron chi connectivity index (χ2n) is 9.52. The fraction of sp³-hybridized carbons (Fsp3) is 0.333. The van der Waals surface area contributed by atoms with Crippen molar-refractivity contribution in [1.29, 1.82) is 0 Å². The van der Waals surface area contributed by atoms with E-state index in [1.54, 1.807) is 6.07 Å². The van der Waals surface area contributed by atoms with Crippen LogP contribution >= 0.6 is 12.8 Å². The van der Waals surface area contributed by atoms with Crippen LogP contribution in [0.4, 0.5) is 10.1 Å². The number of carbonyl (C=O) groups is 2. The molecule has 190 valence electrons. The van der Waals surface area contributed by atoms with Crippen molar-refractivity contribution in [3.05, 3.63) is 75.6 Å². The highest BCUT2D eigenvalue weighted by Gasteiger charge is 2.25. The van der Waals surface area contributed by atoms with Gasteiger partial charge in [0.25, 0.3) is 0 Å². The number of carboxylic acid groups (broad SMARTS) is 1. The molecule has 0 spiro atoms. The van der Waals surface area contributed by atoms with Crippen LogP contribution in [-0.2, 0) is 17.6 Å². The molecule has 3 aromatic carbocycles. The third-order valence-electron chi connectivity index (χ3n) is 6.78. The average Bonchev–Trinajstić information content (AvgIpc) is 2.84. The van der Waals surface area contributed by atoms with Crippen molar-refractivity contribution in [2.45, 2.75) is 66.2 Å². The molecule has 6 heteroatoms. The van der Waals surface area contributed by atoms with Gasteiger partial charge in [0.15, 0.2) is 6.29 Å². The van der Waals surface area contributed by atoms with Gasteiger partial charge in [-0.2, -0.15) is 0 Å². The van der Waals surface area contributed by atoms with Gasteiger partial charge >= 0.3 is 5.97 Å². The molecule has 0 saturated heterocycles. The first-order valence-electron chi connectivity index (χ1n) is 12.3. The van der Waals surface area contributed by atoms with Gasteiger partial charge in [0.05, 0.1) is 11.3 Å². The van der Waals surface area contributed by atoms with Crippen molar-refractivity contribution in [2.24, 2.45) is 0 Å². The van der Waals surface area contributed by atoms with Gasteiger partial charge < -0.3 is 9.83 Å². The Kier molecular flexibility index (Phi) is 8.96. The topological polar surface area (TPSA) is 66.4 Å². The maximum atomic E-state index is 15.0. The summed E-state index contributed by atoms with van der Waals surface area (Å²) in [6.45, 7) is 10.2. The largest absolute Gasteiger partial charge is 0.481 e. The second-order valence-corrected chi connectivity index (χ2v) is 9.74. The lowest BCUT2D eigenvalue weighted by molar-refractivity contribution is -0.137. The van der Waals surface area contributed by atoms with Crippen LogP contribution in [0.2, 0.25) is 0 Å². The number of benzene rings is 3. The zero-order valence-electron chi connectivity index (χ0n) is 21.5. The Bertz CT molecular complexity index is 1280. The van der Waals surface area contributed by atoms with Crippen LogP contribution in [0, 0.1) is 19.7 Å². The number of halogens is 1. The number of rotatable bonds is 10. The van der Waals surface area contributed by atoms with Crippen molar-refractivity contribution >= 4 is 30.8 Å². The van der Waals surface area contributed by atoms with E-state index in [1.807, 2.05) is 27.7 Å². The highest BCUT2D eigenvalue weighted by Crippen LogP contribution is 2.46. The van der Waals surface area contributed by atoms with E-state index in [4.69, 9.17) is 0 Å². The molecule has 0 bridgehead atoms. The molecule has 0 heterocycles. The van der Waals surface area contributed by atoms with Gasteiger partial charge in [0.1, 0.15) is 5.82 Å². The van der Waals surface area contributed by atoms with Crippen molar-refractivity contribution in [3.63, 3.8) is 0 Å². The highest BCUT2D eigenvalue weighted by atomic mass is 32.1. The summed E-state index contributed by atoms with van der Waals surface area (Å²) in [5, 5.41) is 9.25. The van der Waals surface area contributed by atoms with E-state index in [-0.39, 0.29) is 17.9 Å². The molecule has 0 atom stereocenters. The van der Waals surface area contributed by atoms with Crippen molar-refractivity contribution in [1.82, 2.24) is 0 Å². The minimum Gasteiger partial charge on any atom is -0.481 e. The molecule has 3 aromatic rings. The predicted molar refractivity (Wildman–Crippen MR) is 149 cm³/mol. The molecule has 4 nitrogen and oxygen atoms in total. The van der Waals surface area contributed by atoms with Crippen LogP contribution in [0.1, 0.15) is 77.7 Å². The molecular formula is C30H34FNO3S. The van der Waals surface area contributed by atoms with E-state index in [1.165, 1.54) is 6.07 Å². The molecule has 2 N–H and O–H groups in total. The summed E-state index contributed by atoms with van der Waals surface area (Å²) in [4.78, 5) is 22.8. The maximum absolute atomic E-state index is 15.0. The highest BCUT2D eigenvalue weighted by molar-refractivity contribution is 7.81. The summed E-state index contributed by atoms with van der Waals surface area (Å²) >= 11 is 4.46. The Labute approximate surface area is 218 Å². The van der Waals surface area contributed by atoms with Crippen LogP contribution in [0.5, 0.6) is 0 Å². The van der Waals surface area contributed by atoms with Gasteiger partial charge in [0.2, 0.25) is 0 Å². The fourth-order valence-corrected chi connectivity index (χ4v) is 5.28. The molecule has 0 aliphatic rings. The molecule has 0 saturated carbocycles. The van der Waals surface area contributed by atoms with Crippen molar-refractivity contribution < 1.29 is 19.1 Å². The van der Waals surface area contributed by atoms with E-state index in [0.717, 1.165) is 55.8 Å². The number of aliphatic carboxylic acids is 1. The molecule has 0 unspecified atom stereocenters. The normalized spacial score (nSPS) is 11.1. The molecule has 0 fully saturated rings. The Morgan fingerprint density at radius 2 is 1.78 bits per heavy atom. The zero-order valence-corrected chi connectivity index (χ0v) is 22.4. The second kappa shape index (κ2) is 11.7. The van der Waals surface area contributed by atoms with Crippen molar-refractivity contribution in [2.75, 3.05) is 4.72 Å². The number of hydrogen-bond acceptors (Lipinski definition) is 4. The number of anilines is 1. The first kappa shape index (κ1) is 27.5. The molecule has 0 radical (unpaired) electrons. The SMILES string of the molecule is CCc1c(CCCC(=O)O)c(-c2ccc(C)cc2)c(C)c(-c2cc(F)c(C=O)cc2C(C)C)c1NS. The average molecular weight is 508 g/mol. The monoisotopic (exact) mass is 507 g/mol. The summed E-state index contributed by atoms with van der Waals surface area (Å²) in [7, 11) is 0. The van der Waals surface area contributed by atoms with Crippen LogP contribution in [0.25, 0.3) is 22.3 Å². The Morgan fingerprint density at radius 1 is 1.11 bits per heavy atom. The quantitative estimate of drug-likeness (QED) is 0.192. The minimum atomic E-state index is -0.821. The fourth-order valence-electron chi connectivity index (χ4n) is 5.04. The van der Waals surface area contributed by atoms with Gasteiger partial charge in [-0.15, -0.1) is 0 Å². The number of nitrogens with one attached hydrogen (secondary N) is 1. The van der Waals surface area contributed by atoms with Crippen LogP contribution in [0.3, 0.4) is 0 Å². The smallest absolute Gasteiger partial charge is 0.303 e. The van der Waals surface area contributed by atoms with Gasteiger partial charge in [-0.3, -0.25) is 9.59 Å².